The molecule has 0 aliphatic heterocycles. The molecule has 0 saturated heterocycles. The molecule has 3 aromatic rings. The Morgan fingerprint density at radius 3 is 2.43 bits per heavy atom. The Hall–Kier alpha value is -3.39. The Bertz CT molecular complexity index is 1160. The van der Waals surface area contributed by atoms with Crippen molar-refractivity contribution in [2.45, 2.75) is 44.9 Å². The number of anilines is 1. The molecule has 0 radical (unpaired) electrons. The van der Waals surface area contributed by atoms with Gasteiger partial charge in [-0.3, -0.25) is 9.59 Å². The molecule has 1 aromatic heterocycles. The van der Waals surface area contributed by atoms with E-state index in [2.05, 4.69) is 23.8 Å². The maximum atomic E-state index is 13.6. The summed E-state index contributed by atoms with van der Waals surface area (Å²) in [7, 11) is 1.73. The summed E-state index contributed by atoms with van der Waals surface area (Å²) in [6.45, 7) is 7.21. The van der Waals surface area contributed by atoms with Crippen LogP contribution in [0.2, 0.25) is 0 Å². The third kappa shape index (κ3) is 7.79. The number of carbonyl (C=O) groups is 2. The third-order valence-corrected chi connectivity index (χ3v) is 6.95. The molecule has 0 aliphatic carbocycles. The van der Waals surface area contributed by atoms with Crippen molar-refractivity contribution >= 4 is 29.8 Å². The van der Waals surface area contributed by atoms with Crippen LogP contribution in [-0.2, 0) is 4.79 Å². The second-order valence-electron chi connectivity index (χ2n) is 9.17. The summed E-state index contributed by atoms with van der Waals surface area (Å²) < 4.78 is 6.29. The van der Waals surface area contributed by atoms with Gasteiger partial charge in [-0.05, 0) is 55.3 Å². The quantitative estimate of drug-likeness (QED) is 0.161. The number of hydrogen-bond donors (Lipinski definition) is 0. The van der Waals surface area contributed by atoms with Crippen LogP contribution >= 0.6 is 11.8 Å². The third-order valence-electron chi connectivity index (χ3n) is 6.39. The lowest BCUT2D eigenvalue weighted by Crippen LogP contribution is -2.33. The monoisotopic (exact) mass is 520 g/mol. The van der Waals surface area contributed by atoms with Crippen molar-refractivity contribution in [1.29, 1.82) is 0 Å². The fourth-order valence-corrected chi connectivity index (χ4v) is 4.24. The molecule has 7 nitrogen and oxygen atoms in total. The number of nitrogens with zero attached hydrogens (tertiary/aromatic N) is 4. The van der Waals surface area contributed by atoms with Crippen LogP contribution in [0.1, 0.15) is 54.4 Å². The maximum Gasteiger partial charge on any atom is 0.261 e. The zero-order valence-corrected chi connectivity index (χ0v) is 23.1. The summed E-state index contributed by atoms with van der Waals surface area (Å²) in [6.07, 6.45) is 5.95. The van der Waals surface area contributed by atoms with E-state index >= 15 is 0 Å². The van der Waals surface area contributed by atoms with E-state index in [0.29, 0.717) is 41.2 Å². The van der Waals surface area contributed by atoms with Gasteiger partial charge in [-0.15, -0.1) is 0 Å². The first-order valence-electron chi connectivity index (χ1n) is 12.5. The lowest BCUT2D eigenvalue weighted by Gasteiger charge is -2.26. The molecule has 2 atom stereocenters. The molecule has 0 N–H and O–H groups in total. The van der Waals surface area contributed by atoms with Gasteiger partial charge in [0.1, 0.15) is 11.9 Å². The first-order chi connectivity index (χ1) is 17.9. The second kappa shape index (κ2) is 13.8. The first-order valence-corrected chi connectivity index (χ1v) is 13.7. The summed E-state index contributed by atoms with van der Waals surface area (Å²) in [6, 6.07) is 17.4. The lowest BCUT2D eigenvalue weighted by atomic mass is 10.0. The number of rotatable bonds is 13. The highest BCUT2D eigenvalue weighted by molar-refractivity contribution is 7.98. The van der Waals surface area contributed by atoms with Gasteiger partial charge in [0, 0.05) is 25.5 Å². The zero-order chi connectivity index (χ0) is 26.8. The van der Waals surface area contributed by atoms with Crippen LogP contribution in [0.4, 0.5) is 5.69 Å². The summed E-state index contributed by atoms with van der Waals surface area (Å²) in [5, 5.41) is 0.648. The molecule has 196 valence electrons. The van der Waals surface area contributed by atoms with Gasteiger partial charge in [-0.25, -0.2) is 9.97 Å². The smallest absolute Gasteiger partial charge is 0.261 e. The van der Waals surface area contributed by atoms with Crippen molar-refractivity contribution in [1.82, 2.24) is 14.9 Å². The van der Waals surface area contributed by atoms with Crippen LogP contribution in [0.3, 0.4) is 0 Å². The van der Waals surface area contributed by atoms with Crippen LogP contribution in [-0.4, -0.2) is 53.6 Å². The average molecular weight is 521 g/mol. The second-order valence-corrected chi connectivity index (χ2v) is 9.94. The molecule has 0 spiro atoms. The Morgan fingerprint density at radius 1 is 1.14 bits per heavy atom. The Morgan fingerprint density at radius 2 is 1.84 bits per heavy atom. The number of ether oxygens (including phenoxy) is 1. The largest absolute Gasteiger partial charge is 0.484 e. The molecule has 0 fully saturated rings. The molecule has 0 bridgehead atoms. The standard InChI is InChI=1S/C29H36N4O3S/c1-6-21(2)16-17-33(28(35)26-18-30-29(37-5)31-22(26)3)24-12-14-25(15-13-24)36-27(19-32(4)20-34)23-10-8-7-9-11-23/h7-15,18,20-21,27H,6,16-17,19H2,1-5H3. The Kier molecular flexibility index (Phi) is 10.5. The predicted octanol–water partition coefficient (Wildman–Crippen LogP) is 5.80. The highest BCUT2D eigenvalue weighted by Crippen LogP contribution is 2.27. The van der Waals surface area contributed by atoms with Crippen molar-refractivity contribution < 1.29 is 14.3 Å². The molecule has 2 unspecified atom stereocenters. The average Bonchev–Trinajstić information content (AvgIpc) is 2.93. The predicted molar refractivity (Wildman–Crippen MR) is 149 cm³/mol. The number of amides is 2. The van der Waals surface area contributed by atoms with E-state index in [0.717, 1.165) is 30.5 Å². The molecule has 0 saturated carbocycles. The van der Waals surface area contributed by atoms with Crippen LogP contribution < -0.4 is 9.64 Å². The van der Waals surface area contributed by atoms with Crippen LogP contribution in [0.25, 0.3) is 0 Å². The SMILES string of the molecule is CCC(C)CCN(C(=O)c1cnc(SC)nc1C)c1ccc(OC(CN(C)C=O)c2ccccc2)cc1. The minimum Gasteiger partial charge on any atom is -0.484 e. The van der Waals surface area contributed by atoms with E-state index in [1.807, 2.05) is 67.8 Å². The normalized spacial score (nSPS) is 12.5. The number of hydrogen-bond acceptors (Lipinski definition) is 6. The number of likely N-dealkylation sites (N-methyl/N-ethyl adjacent to an activating group) is 1. The fraction of sp³-hybridized carbons (Fsp3) is 0.379. The summed E-state index contributed by atoms with van der Waals surface area (Å²) in [5.41, 5.74) is 2.94. The van der Waals surface area contributed by atoms with Gasteiger partial charge in [0.25, 0.3) is 5.91 Å². The number of benzene rings is 2. The zero-order valence-electron chi connectivity index (χ0n) is 22.3. The number of thioether (sulfide) groups is 1. The van der Waals surface area contributed by atoms with Crippen LogP contribution in [0, 0.1) is 12.8 Å². The Labute approximate surface area is 224 Å². The first kappa shape index (κ1) is 28.2. The van der Waals surface area contributed by atoms with Crippen molar-refractivity contribution in [3.63, 3.8) is 0 Å². The molecule has 3 rings (SSSR count). The van der Waals surface area contributed by atoms with Gasteiger partial charge >= 0.3 is 0 Å². The topological polar surface area (TPSA) is 75.6 Å². The molecular weight excluding hydrogens is 484 g/mol. The molecule has 2 amide bonds. The van der Waals surface area contributed by atoms with Gasteiger partial charge in [-0.2, -0.15) is 0 Å². The van der Waals surface area contributed by atoms with Crippen molar-refractivity contribution in [2.75, 3.05) is 31.3 Å². The van der Waals surface area contributed by atoms with E-state index in [-0.39, 0.29) is 12.0 Å². The maximum absolute atomic E-state index is 13.6. The van der Waals surface area contributed by atoms with Gasteiger partial charge < -0.3 is 14.5 Å². The molecule has 0 aliphatic rings. The van der Waals surface area contributed by atoms with E-state index in [9.17, 15) is 9.59 Å². The molecule has 37 heavy (non-hydrogen) atoms. The number of aromatic nitrogens is 2. The van der Waals surface area contributed by atoms with E-state index < -0.39 is 0 Å². The van der Waals surface area contributed by atoms with Crippen molar-refractivity contribution in [2.24, 2.45) is 5.92 Å². The van der Waals surface area contributed by atoms with E-state index in [4.69, 9.17) is 4.74 Å². The highest BCUT2D eigenvalue weighted by atomic mass is 32.2. The van der Waals surface area contributed by atoms with Crippen molar-refractivity contribution in [3.8, 4) is 5.75 Å². The van der Waals surface area contributed by atoms with E-state index in [1.54, 1.807) is 23.0 Å². The summed E-state index contributed by atoms with van der Waals surface area (Å²) in [4.78, 5) is 37.0. The number of carbonyl (C=O) groups excluding carboxylic acids is 2. The molecule has 2 aromatic carbocycles. The van der Waals surface area contributed by atoms with Gasteiger partial charge in [0.2, 0.25) is 6.41 Å². The molecule has 8 heteroatoms. The Balaban J connectivity index is 1.86. The van der Waals surface area contributed by atoms with Gasteiger partial charge in [-0.1, -0.05) is 62.4 Å². The van der Waals surface area contributed by atoms with Gasteiger partial charge in [0.15, 0.2) is 5.16 Å². The number of aryl methyl sites for hydroxylation is 1. The fourth-order valence-electron chi connectivity index (χ4n) is 3.85. The van der Waals surface area contributed by atoms with Gasteiger partial charge in [0.05, 0.1) is 17.8 Å². The lowest BCUT2D eigenvalue weighted by molar-refractivity contribution is -0.118. The van der Waals surface area contributed by atoms with Crippen molar-refractivity contribution in [3.05, 3.63) is 77.6 Å². The van der Waals surface area contributed by atoms with Crippen LogP contribution in [0.15, 0.2) is 66.0 Å². The highest BCUT2D eigenvalue weighted by Gasteiger charge is 2.22. The summed E-state index contributed by atoms with van der Waals surface area (Å²) in [5.74, 6) is 1.04. The minimum atomic E-state index is -0.319. The minimum absolute atomic E-state index is 0.114. The summed E-state index contributed by atoms with van der Waals surface area (Å²) >= 11 is 1.45. The molecular formula is C29H36N4O3S. The van der Waals surface area contributed by atoms with Crippen LogP contribution in [0.5, 0.6) is 5.75 Å². The molecule has 1 heterocycles. The van der Waals surface area contributed by atoms with E-state index in [1.165, 1.54) is 11.8 Å².